The molecule has 0 aliphatic heterocycles. The van der Waals surface area contributed by atoms with Gasteiger partial charge >= 0.3 is 0 Å². The summed E-state index contributed by atoms with van der Waals surface area (Å²) in [6.45, 7) is 1.93. The molecule has 5 nitrogen and oxygen atoms in total. The second-order valence-corrected chi connectivity index (χ2v) is 4.85. The summed E-state index contributed by atoms with van der Waals surface area (Å²) >= 11 is 5.10. The molecule has 0 spiro atoms. The molecule has 0 atom stereocenters. The molecule has 0 bridgehead atoms. The van der Waals surface area contributed by atoms with Crippen LogP contribution in [0.2, 0.25) is 0 Å². The van der Waals surface area contributed by atoms with Crippen LogP contribution in [0, 0.1) is 6.92 Å². The minimum atomic E-state index is 0.296. The van der Waals surface area contributed by atoms with E-state index < -0.39 is 0 Å². The normalized spacial score (nSPS) is 10.0. The number of anilines is 2. The maximum absolute atomic E-state index is 5.79. The van der Waals surface area contributed by atoms with Gasteiger partial charge in [0.2, 0.25) is 0 Å². The summed E-state index contributed by atoms with van der Waals surface area (Å²) in [5.41, 5.74) is 8.20. The third-order valence-corrected chi connectivity index (χ3v) is 3.27. The van der Waals surface area contributed by atoms with Crippen LogP contribution in [0.25, 0.3) is 0 Å². The molecule has 2 rings (SSSR count). The lowest BCUT2D eigenvalue weighted by atomic mass is 10.1. The molecule has 1 aromatic carbocycles. The van der Waals surface area contributed by atoms with Crippen molar-refractivity contribution in [3.05, 3.63) is 41.6 Å². The number of rotatable bonds is 5. The quantitative estimate of drug-likeness (QED) is 0.828. The Labute approximate surface area is 129 Å². The van der Waals surface area contributed by atoms with Gasteiger partial charge in [-0.2, -0.15) is 0 Å². The van der Waals surface area contributed by atoms with Gasteiger partial charge < -0.3 is 20.5 Å². The number of ether oxygens (including phenoxy) is 2. The Bertz CT molecular complexity index is 674. The third-order valence-electron chi connectivity index (χ3n) is 3.07. The van der Waals surface area contributed by atoms with E-state index in [1.54, 1.807) is 20.4 Å². The van der Waals surface area contributed by atoms with Gasteiger partial charge in [0.05, 0.1) is 25.5 Å². The van der Waals surface area contributed by atoms with Crippen molar-refractivity contribution in [3.8, 4) is 11.5 Å². The molecule has 1 aromatic heterocycles. The minimum absolute atomic E-state index is 0.296. The number of pyridine rings is 1. The van der Waals surface area contributed by atoms with E-state index >= 15 is 0 Å². The summed E-state index contributed by atoms with van der Waals surface area (Å²) in [4.78, 5) is 4.61. The Morgan fingerprint density at radius 3 is 2.62 bits per heavy atom. The van der Waals surface area contributed by atoms with E-state index in [1.165, 1.54) is 0 Å². The zero-order valence-corrected chi connectivity index (χ0v) is 13.0. The maximum Gasteiger partial charge on any atom is 0.142 e. The molecule has 110 valence electrons. The maximum atomic E-state index is 5.79. The number of benzene rings is 1. The molecule has 0 aliphatic rings. The Balaban J connectivity index is 2.47. The fourth-order valence-electron chi connectivity index (χ4n) is 2.00. The fraction of sp³-hybridized carbons (Fsp3) is 0.200. The number of hydrogen-bond donors (Lipinski definition) is 2. The highest BCUT2D eigenvalue weighted by Crippen LogP contribution is 2.32. The van der Waals surface area contributed by atoms with Crippen molar-refractivity contribution in [1.29, 1.82) is 0 Å². The third kappa shape index (κ3) is 3.22. The zero-order chi connectivity index (χ0) is 15.4. The summed E-state index contributed by atoms with van der Waals surface area (Å²) in [5.74, 6) is 1.98. The number of thiocarbonyl (C=S) groups is 1. The van der Waals surface area contributed by atoms with E-state index in [4.69, 9.17) is 27.4 Å². The molecule has 0 saturated heterocycles. The van der Waals surface area contributed by atoms with Gasteiger partial charge in [-0.1, -0.05) is 12.2 Å². The van der Waals surface area contributed by atoms with Crippen molar-refractivity contribution in [1.82, 2.24) is 4.98 Å². The molecule has 0 unspecified atom stereocenters. The SMILES string of the molecule is COc1ccc(OC)c(Nc2nccc(C)c2C(N)=S)c1. The Morgan fingerprint density at radius 1 is 1.24 bits per heavy atom. The van der Waals surface area contributed by atoms with Gasteiger partial charge in [-0.05, 0) is 30.7 Å². The standard InChI is InChI=1S/C15H17N3O2S/c1-9-6-7-17-15(13(9)14(16)21)18-11-8-10(19-2)4-5-12(11)20-3/h4-8H,1-3H3,(H2,16,21)(H,17,18). The first kappa shape index (κ1) is 15.1. The predicted octanol–water partition coefficient (Wildman–Crippen LogP) is 2.79. The number of nitrogens with one attached hydrogen (secondary N) is 1. The van der Waals surface area contributed by atoms with E-state index in [0.29, 0.717) is 22.3 Å². The van der Waals surface area contributed by atoms with Crippen LogP contribution in [0.4, 0.5) is 11.5 Å². The van der Waals surface area contributed by atoms with Gasteiger partial charge in [0.1, 0.15) is 22.3 Å². The van der Waals surface area contributed by atoms with Gasteiger partial charge in [-0.3, -0.25) is 0 Å². The highest BCUT2D eigenvalue weighted by molar-refractivity contribution is 7.80. The van der Waals surface area contributed by atoms with Crippen LogP contribution in [0.5, 0.6) is 11.5 Å². The van der Waals surface area contributed by atoms with Crippen molar-refractivity contribution in [2.75, 3.05) is 19.5 Å². The van der Waals surface area contributed by atoms with Crippen molar-refractivity contribution in [3.63, 3.8) is 0 Å². The summed E-state index contributed by atoms with van der Waals surface area (Å²) < 4.78 is 10.6. The fourth-order valence-corrected chi connectivity index (χ4v) is 2.26. The summed E-state index contributed by atoms with van der Waals surface area (Å²) in [5, 5.41) is 3.21. The molecule has 21 heavy (non-hydrogen) atoms. The molecule has 0 saturated carbocycles. The van der Waals surface area contributed by atoms with Gasteiger partial charge in [-0.25, -0.2) is 4.98 Å². The van der Waals surface area contributed by atoms with Gasteiger partial charge in [-0.15, -0.1) is 0 Å². The van der Waals surface area contributed by atoms with Crippen molar-refractivity contribution in [2.24, 2.45) is 5.73 Å². The van der Waals surface area contributed by atoms with Crippen LogP contribution in [0.15, 0.2) is 30.5 Å². The molecule has 6 heteroatoms. The summed E-state index contributed by atoms with van der Waals surface area (Å²) in [6, 6.07) is 7.33. The van der Waals surface area contributed by atoms with Crippen LogP contribution < -0.4 is 20.5 Å². The average Bonchev–Trinajstić information content (AvgIpc) is 2.46. The Hall–Kier alpha value is -2.34. The first-order chi connectivity index (χ1) is 10.1. The number of nitrogens with zero attached hydrogens (tertiary/aromatic N) is 1. The first-order valence-electron chi connectivity index (χ1n) is 6.31. The van der Waals surface area contributed by atoms with Gasteiger partial charge in [0, 0.05) is 12.3 Å². The van der Waals surface area contributed by atoms with Gasteiger partial charge in [0.25, 0.3) is 0 Å². The number of hydrogen-bond acceptors (Lipinski definition) is 5. The van der Waals surface area contributed by atoms with E-state index in [0.717, 1.165) is 16.8 Å². The highest BCUT2D eigenvalue weighted by atomic mass is 32.1. The highest BCUT2D eigenvalue weighted by Gasteiger charge is 2.12. The lowest BCUT2D eigenvalue weighted by molar-refractivity contribution is 0.405. The number of methoxy groups -OCH3 is 2. The first-order valence-corrected chi connectivity index (χ1v) is 6.72. The second-order valence-electron chi connectivity index (χ2n) is 4.41. The molecule has 0 amide bonds. The molecule has 1 heterocycles. The molecular weight excluding hydrogens is 286 g/mol. The largest absolute Gasteiger partial charge is 0.497 e. The summed E-state index contributed by atoms with van der Waals surface area (Å²) in [6.07, 6.45) is 1.70. The minimum Gasteiger partial charge on any atom is -0.497 e. The predicted molar refractivity (Wildman–Crippen MR) is 87.7 cm³/mol. The van der Waals surface area contributed by atoms with Crippen LogP contribution in [0.1, 0.15) is 11.1 Å². The smallest absolute Gasteiger partial charge is 0.142 e. The van der Waals surface area contributed by atoms with Gasteiger partial charge in [0.15, 0.2) is 0 Å². The lowest BCUT2D eigenvalue weighted by Crippen LogP contribution is -2.15. The van der Waals surface area contributed by atoms with E-state index in [1.807, 2.05) is 31.2 Å². The number of aromatic nitrogens is 1. The topological polar surface area (TPSA) is 69.4 Å². The van der Waals surface area contributed by atoms with Crippen LogP contribution in [-0.2, 0) is 0 Å². The Morgan fingerprint density at radius 2 is 2.00 bits per heavy atom. The molecule has 3 N–H and O–H groups in total. The van der Waals surface area contributed by atoms with Crippen LogP contribution in [0.3, 0.4) is 0 Å². The molecule has 0 aliphatic carbocycles. The van der Waals surface area contributed by atoms with Crippen LogP contribution in [-0.4, -0.2) is 24.2 Å². The van der Waals surface area contributed by atoms with E-state index in [-0.39, 0.29) is 0 Å². The molecule has 0 radical (unpaired) electrons. The molecule has 0 fully saturated rings. The zero-order valence-electron chi connectivity index (χ0n) is 12.1. The summed E-state index contributed by atoms with van der Waals surface area (Å²) in [7, 11) is 3.21. The number of aryl methyl sites for hydroxylation is 1. The second kappa shape index (κ2) is 6.41. The van der Waals surface area contributed by atoms with E-state index in [9.17, 15) is 0 Å². The van der Waals surface area contributed by atoms with E-state index in [2.05, 4.69) is 10.3 Å². The van der Waals surface area contributed by atoms with Crippen molar-refractivity contribution < 1.29 is 9.47 Å². The van der Waals surface area contributed by atoms with Crippen molar-refractivity contribution >= 4 is 28.7 Å². The molecular formula is C15H17N3O2S. The molecule has 2 aromatic rings. The lowest BCUT2D eigenvalue weighted by Gasteiger charge is -2.15. The van der Waals surface area contributed by atoms with Crippen LogP contribution >= 0.6 is 12.2 Å². The van der Waals surface area contributed by atoms with Crippen molar-refractivity contribution in [2.45, 2.75) is 6.92 Å². The Kier molecular flexibility index (Phi) is 4.59. The monoisotopic (exact) mass is 303 g/mol. The average molecular weight is 303 g/mol. The number of nitrogens with two attached hydrogens (primary N) is 1.